The lowest BCUT2D eigenvalue weighted by atomic mass is 10.0. The first-order valence-electron chi connectivity index (χ1n) is 5.79. The summed E-state index contributed by atoms with van der Waals surface area (Å²) in [7, 11) is 0. The van der Waals surface area contributed by atoms with Crippen LogP contribution in [0.4, 0.5) is 0 Å². The largest absolute Gasteiger partial charge is 0.481 e. The molecule has 5 nitrogen and oxygen atoms in total. The minimum absolute atomic E-state index is 0.389. The van der Waals surface area contributed by atoms with Crippen molar-refractivity contribution in [2.45, 2.75) is 20.8 Å². The predicted octanol–water partition coefficient (Wildman–Crippen LogP) is 2.18. The highest BCUT2D eigenvalue weighted by atomic mass is 16.5. The lowest BCUT2D eigenvalue weighted by Gasteiger charge is -2.11. The third-order valence-electron chi connectivity index (χ3n) is 3.01. The molecule has 0 aliphatic rings. The van der Waals surface area contributed by atoms with Crippen LogP contribution in [0.2, 0.25) is 0 Å². The molecule has 0 saturated carbocycles. The second-order valence-corrected chi connectivity index (χ2v) is 4.46. The van der Waals surface area contributed by atoms with Gasteiger partial charge >= 0.3 is 11.6 Å². The van der Waals surface area contributed by atoms with E-state index in [0.717, 1.165) is 11.1 Å². The lowest BCUT2D eigenvalue weighted by Crippen LogP contribution is -2.11. The molecule has 0 saturated heterocycles. The van der Waals surface area contributed by atoms with Crippen molar-refractivity contribution in [3.63, 3.8) is 0 Å². The van der Waals surface area contributed by atoms with E-state index < -0.39 is 12.6 Å². The van der Waals surface area contributed by atoms with Crippen molar-refractivity contribution in [1.82, 2.24) is 0 Å². The van der Waals surface area contributed by atoms with Crippen LogP contribution >= 0.6 is 0 Å². The standard InChI is InChI=1S/C14H14O5/c1-7-4-10(18-6-12(15)16)13-8(2)9(3)14(17)19-11(13)5-7/h4-5H,6H2,1-3H3,(H,15,16). The molecule has 0 spiro atoms. The van der Waals surface area contributed by atoms with Crippen molar-refractivity contribution in [1.29, 1.82) is 0 Å². The molecule has 100 valence electrons. The smallest absolute Gasteiger partial charge is 0.341 e. The molecule has 2 rings (SSSR count). The number of ether oxygens (including phenoxy) is 1. The first-order valence-corrected chi connectivity index (χ1v) is 5.79. The van der Waals surface area contributed by atoms with Gasteiger partial charge in [0.1, 0.15) is 11.3 Å². The van der Waals surface area contributed by atoms with Crippen LogP contribution < -0.4 is 10.4 Å². The molecule has 0 bridgehead atoms. The van der Waals surface area contributed by atoms with Gasteiger partial charge in [0, 0.05) is 5.56 Å². The number of fused-ring (bicyclic) bond motifs is 1. The van der Waals surface area contributed by atoms with E-state index in [2.05, 4.69) is 0 Å². The highest BCUT2D eigenvalue weighted by Gasteiger charge is 2.14. The Hall–Kier alpha value is -2.30. The maximum atomic E-state index is 11.6. The van der Waals surface area contributed by atoms with Gasteiger partial charge in [-0.2, -0.15) is 0 Å². The van der Waals surface area contributed by atoms with Gasteiger partial charge in [0.25, 0.3) is 0 Å². The highest BCUT2D eigenvalue weighted by molar-refractivity contribution is 5.88. The van der Waals surface area contributed by atoms with Crippen molar-refractivity contribution in [3.8, 4) is 5.75 Å². The van der Waals surface area contributed by atoms with Gasteiger partial charge in [-0.1, -0.05) is 0 Å². The molecule has 0 unspecified atom stereocenters. The first kappa shape index (κ1) is 13.1. The quantitative estimate of drug-likeness (QED) is 0.858. The van der Waals surface area contributed by atoms with Crippen molar-refractivity contribution >= 4 is 16.9 Å². The molecule has 5 heteroatoms. The summed E-state index contributed by atoms with van der Waals surface area (Å²) in [6.45, 7) is 4.84. The van der Waals surface area contributed by atoms with Gasteiger partial charge in [0.05, 0.1) is 5.39 Å². The molecule has 0 radical (unpaired) electrons. The number of rotatable bonds is 3. The van der Waals surface area contributed by atoms with Gasteiger partial charge in [-0.25, -0.2) is 9.59 Å². The van der Waals surface area contributed by atoms with Gasteiger partial charge in [0.2, 0.25) is 0 Å². The zero-order valence-corrected chi connectivity index (χ0v) is 10.9. The van der Waals surface area contributed by atoms with Crippen LogP contribution in [0.3, 0.4) is 0 Å². The van der Waals surface area contributed by atoms with E-state index in [1.54, 1.807) is 26.0 Å². The fourth-order valence-corrected chi connectivity index (χ4v) is 1.94. The molecular weight excluding hydrogens is 248 g/mol. The number of hydrogen-bond donors (Lipinski definition) is 1. The predicted molar refractivity (Wildman–Crippen MR) is 69.8 cm³/mol. The van der Waals surface area contributed by atoms with E-state index in [1.165, 1.54) is 0 Å². The molecule has 1 N–H and O–H groups in total. The van der Waals surface area contributed by atoms with Crippen LogP contribution in [0, 0.1) is 20.8 Å². The minimum atomic E-state index is -1.05. The average molecular weight is 262 g/mol. The summed E-state index contributed by atoms with van der Waals surface area (Å²) in [5.41, 5.74) is 2.09. The summed E-state index contributed by atoms with van der Waals surface area (Å²) >= 11 is 0. The van der Waals surface area contributed by atoms with E-state index >= 15 is 0 Å². The SMILES string of the molecule is Cc1cc(OCC(=O)O)c2c(C)c(C)c(=O)oc2c1. The number of carboxylic acid groups (broad SMARTS) is 1. The molecule has 0 aliphatic heterocycles. The Kier molecular flexibility index (Phi) is 3.29. The molecule has 0 aliphatic carbocycles. The second kappa shape index (κ2) is 4.76. The van der Waals surface area contributed by atoms with Crippen LogP contribution in [0.15, 0.2) is 21.3 Å². The summed E-state index contributed by atoms with van der Waals surface area (Å²) in [6.07, 6.45) is 0. The monoisotopic (exact) mass is 262 g/mol. The van der Waals surface area contributed by atoms with Crippen LogP contribution in [-0.4, -0.2) is 17.7 Å². The first-order chi connectivity index (χ1) is 8.90. The van der Waals surface area contributed by atoms with E-state index in [4.69, 9.17) is 14.3 Å². The number of carbonyl (C=O) groups is 1. The lowest BCUT2D eigenvalue weighted by molar-refractivity contribution is -0.139. The Balaban J connectivity index is 2.71. The van der Waals surface area contributed by atoms with E-state index in [9.17, 15) is 9.59 Å². The molecule has 19 heavy (non-hydrogen) atoms. The van der Waals surface area contributed by atoms with E-state index in [-0.39, 0.29) is 5.63 Å². The summed E-state index contributed by atoms with van der Waals surface area (Å²) in [4.78, 5) is 22.2. The molecule has 0 fully saturated rings. The molecule has 1 heterocycles. The normalized spacial score (nSPS) is 10.7. The Morgan fingerprint density at radius 2 is 1.95 bits per heavy atom. The Bertz CT molecular complexity index is 712. The van der Waals surface area contributed by atoms with Gasteiger partial charge in [-0.05, 0) is 44.0 Å². The Morgan fingerprint density at radius 1 is 1.26 bits per heavy atom. The van der Waals surface area contributed by atoms with Crippen LogP contribution in [0.5, 0.6) is 5.75 Å². The fourth-order valence-electron chi connectivity index (χ4n) is 1.94. The van der Waals surface area contributed by atoms with E-state index in [0.29, 0.717) is 22.3 Å². The molecule has 1 aromatic heterocycles. The van der Waals surface area contributed by atoms with Gasteiger partial charge in [-0.15, -0.1) is 0 Å². The number of aryl methyl sites for hydroxylation is 2. The fraction of sp³-hybridized carbons (Fsp3) is 0.286. The molecule has 0 atom stereocenters. The van der Waals surface area contributed by atoms with Crippen molar-refractivity contribution < 1.29 is 19.1 Å². The topological polar surface area (TPSA) is 76.7 Å². The third-order valence-corrected chi connectivity index (χ3v) is 3.01. The maximum Gasteiger partial charge on any atom is 0.341 e. The number of carboxylic acids is 1. The van der Waals surface area contributed by atoms with Crippen LogP contribution in [0.1, 0.15) is 16.7 Å². The third kappa shape index (κ3) is 2.45. The number of hydrogen-bond acceptors (Lipinski definition) is 4. The maximum absolute atomic E-state index is 11.6. The van der Waals surface area contributed by atoms with Crippen LogP contribution in [-0.2, 0) is 4.79 Å². The summed E-state index contributed by atoms with van der Waals surface area (Å²) in [5, 5.41) is 9.33. The number of aliphatic carboxylic acids is 1. The van der Waals surface area contributed by atoms with Crippen molar-refractivity contribution in [2.24, 2.45) is 0 Å². The van der Waals surface area contributed by atoms with Gasteiger partial charge in [0.15, 0.2) is 6.61 Å². The number of benzene rings is 1. The molecule has 1 aromatic carbocycles. The Labute approximate surface area is 109 Å². The van der Waals surface area contributed by atoms with Crippen LogP contribution in [0.25, 0.3) is 11.0 Å². The van der Waals surface area contributed by atoms with Crippen molar-refractivity contribution in [3.05, 3.63) is 39.2 Å². The Morgan fingerprint density at radius 3 is 2.58 bits per heavy atom. The van der Waals surface area contributed by atoms with Crippen molar-refractivity contribution in [2.75, 3.05) is 6.61 Å². The summed E-state index contributed by atoms with van der Waals surface area (Å²) < 4.78 is 10.5. The van der Waals surface area contributed by atoms with Gasteiger partial charge < -0.3 is 14.3 Å². The van der Waals surface area contributed by atoms with E-state index in [1.807, 2.05) is 6.92 Å². The molecular formula is C14H14O5. The van der Waals surface area contributed by atoms with Gasteiger partial charge in [-0.3, -0.25) is 0 Å². The minimum Gasteiger partial charge on any atom is -0.481 e. The summed E-state index contributed by atoms with van der Waals surface area (Å²) in [5.74, 6) is -0.636. The average Bonchev–Trinajstić information content (AvgIpc) is 2.32. The zero-order valence-electron chi connectivity index (χ0n) is 10.9. The zero-order chi connectivity index (χ0) is 14.2. The molecule has 0 amide bonds. The molecule has 2 aromatic rings. The second-order valence-electron chi connectivity index (χ2n) is 4.46. The summed E-state index contributed by atoms with van der Waals surface area (Å²) in [6, 6.07) is 3.47. The highest BCUT2D eigenvalue weighted by Crippen LogP contribution is 2.30.